The van der Waals surface area contributed by atoms with E-state index in [4.69, 9.17) is 17.9 Å². The van der Waals surface area contributed by atoms with Gasteiger partial charge in [-0.05, 0) is 228 Å². The van der Waals surface area contributed by atoms with Gasteiger partial charge in [-0.25, -0.2) is 4.98 Å². The number of aryl methyl sites for hydroxylation is 2. The minimum absolute atomic E-state index is 0.0324. The van der Waals surface area contributed by atoms with Crippen molar-refractivity contribution in [1.82, 2.24) is 18.7 Å². The molecule has 0 saturated heterocycles. The van der Waals surface area contributed by atoms with Crippen LogP contribution in [0.1, 0.15) is 124 Å². The highest BCUT2D eigenvalue weighted by atomic mass is 16.5. The molecular weight excluding hydrogens is 1170 g/mol. The Morgan fingerprint density at radius 2 is 1.00 bits per heavy atom. The van der Waals surface area contributed by atoms with Crippen LogP contribution in [0.25, 0.3) is 133 Å². The van der Waals surface area contributed by atoms with Crippen LogP contribution in [0.3, 0.4) is 0 Å². The SMILES string of the molecule is [2H]C([2H])([2H])c1cccc(C([2H])([2H])[2H])c1-c1cc(-c2ccc(C(C)(C)C)cc2)c2c(c1)-c1cc3c(cc1-c1ccccc1-c1cc(-n4c5ccccc5c5ccccc54)cc4c1[n+]-2[c-]n4-c1cccc(Oc2ccc4c5ccccc5n(-c5cc(C(C)(C)C)ccn5)c4c2)c1)C(C)(C)CCC3(C)C. The van der Waals surface area contributed by atoms with Gasteiger partial charge in [0.15, 0.2) is 0 Å². The van der Waals surface area contributed by atoms with Crippen LogP contribution in [0, 0.1) is 20.0 Å². The lowest BCUT2D eigenvalue weighted by Gasteiger charge is -2.42. The molecule has 4 aromatic heterocycles. The third kappa shape index (κ3) is 9.41. The quantitative estimate of drug-likeness (QED) is 0.118. The highest BCUT2D eigenvalue weighted by Gasteiger charge is 2.39. The summed E-state index contributed by atoms with van der Waals surface area (Å²) in [4.78, 5) is 4.98. The summed E-state index contributed by atoms with van der Waals surface area (Å²) in [6.07, 6.45) is 7.98. The van der Waals surface area contributed by atoms with E-state index in [0.29, 0.717) is 17.1 Å². The van der Waals surface area contributed by atoms with Crippen molar-refractivity contribution in [3.05, 3.63) is 276 Å². The maximum absolute atomic E-state index is 9.15. The van der Waals surface area contributed by atoms with Crippen LogP contribution in [0.15, 0.2) is 237 Å². The summed E-state index contributed by atoms with van der Waals surface area (Å²) in [6.45, 7) is 17.4. The largest absolute Gasteiger partial charge is 0.458 e. The normalized spacial score (nSPS) is 15.3. The third-order valence-corrected chi connectivity index (χ3v) is 20.9. The summed E-state index contributed by atoms with van der Waals surface area (Å²) in [5.74, 6) is 2.10. The zero-order chi connectivity index (χ0) is 70.9. The van der Waals surface area contributed by atoms with E-state index in [0.717, 1.165) is 140 Å². The molecule has 1 aliphatic heterocycles. The Kier molecular flexibility index (Phi) is 11.8. The fourth-order valence-electron chi connectivity index (χ4n) is 15.7. The van der Waals surface area contributed by atoms with Crippen LogP contribution in [-0.4, -0.2) is 18.7 Å². The van der Waals surface area contributed by atoms with Crippen molar-refractivity contribution in [2.45, 2.75) is 117 Å². The van der Waals surface area contributed by atoms with Crippen molar-refractivity contribution < 1.29 is 17.5 Å². The van der Waals surface area contributed by atoms with Crippen molar-refractivity contribution in [2.24, 2.45) is 0 Å². The first-order chi connectivity index (χ1) is 48.6. The molecule has 2 aliphatic rings. The van der Waals surface area contributed by atoms with Gasteiger partial charge in [0.2, 0.25) is 0 Å². The molecule has 1 aliphatic carbocycles. The Bertz CT molecular complexity index is 5900. The van der Waals surface area contributed by atoms with E-state index in [9.17, 15) is 0 Å². The van der Waals surface area contributed by atoms with Gasteiger partial charge in [-0.3, -0.25) is 13.7 Å². The van der Waals surface area contributed by atoms with E-state index < -0.39 is 13.7 Å². The van der Waals surface area contributed by atoms with Crippen molar-refractivity contribution in [3.63, 3.8) is 0 Å². The summed E-state index contributed by atoms with van der Waals surface area (Å²) >= 11 is 0. The molecule has 11 aromatic carbocycles. The molecule has 6 nitrogen and oxygen atoms in total. The van der Waals surface area contributed by atoms with Gasteiger partial charge in [-0.1, -0.05) is 203 Å². The number of pyridine rings is 1. The third-order valence-electron chi connectivity index (χ3n) is 20.9. The predicted molar refractivity (Wildman–Crippen MR) is 400 cm³/mol. The number of ether oxygens (including phenoxy) is 1. The van der Waals surface area contributed by atoms with Gasteiger partial charge in [0.25, 0.3) is 6.33 Å². The number of rotatable bonds is 7. The summed E-state index contributed by atoms with van der Waals surface area (Å²) in [6, 6.07) is 80.4. The molecule has 0 fully saturated rings. The van der Waals surface area contributed by atoms with Gasteiger partial charge in [0.1, 0.15) is 17.3 Å². The summed E-state index contributed by atoms with van der Waals surface area (Å²) < 4.78 is 71.1. The van der Waals surface area contributed by atoms with Crippen LogP contribution < -0.4 is 9.30 Å². The van der Waals surface area contributed by atoms with Gasteiger partial charge in [-0.2, -0.15) is 0 Å². The fourth-order valence-corrected chi connectivity index (χ4v) is 15.7. The lowest BCUT2D eigenvalue weighted by molar-refractivity contribution is -0.570. The molecule has 0 radical (unpaired) electrons. The van der Waals surface area contributed by atoms with E-state index in [1.54, 1.807) is 18.2 Å². The second-order valence-electron chi connectivity index (χ2n) is 30.0. The Labute approximate surface area is 571 Å². The first-order valence-electron chi connectivity index (χ1n) is 36.6. The van der Waals surface area contributed by atoms with Gasteiger partial charge in [0, 0.05) is 47.7 Å². The van der Waals surface area contributed by atoms with E-state index in [1.165, 1.54) is 16.7 Å². The van der Waals surface area contributed by atoms with Crippen LogP contribution in [0.5, 0.6) is 11.5 Å². The Hall–Kier alpha value is -10.6. The van der Waals surface area contributed by atoms with Crippen LogP contribution in [-0.2, 0) is 21.7 Å². The van der Waals surface area contributed by atoms with E-state index in [1.807, 2.05) is 30.5 Å². The molecule has 6 heteroatoms. The zero-order valence-electron chi connectivity index (χ0n) is 62.1. The molecule has 15 aromatic rings. The Morgan fingerprint density at radius 1 is 0.438 bits per heavy atom. The lowest BCUT2D eigenvalue weighted by Crippen LogP contribution is -2.34. The van der Waals surface area contributed by atoms with E-state index >= 15 is 0 Å². The molecule has 0 spiro atoms. The number of benzene rings is 11. The molecule has 0 N–H and O–H groups in total. The molecule has 0 saturated carbocycles. The Morgan fingerprint density at radius 3 is 1.64 bits per heavy atom. The number of nitrogens with zero attached hydrogens (tertiary/aromatic N) is 5. The van der Waals surface area contributed by atoms with Crippen molar-refractivity contribution >= 4 is 54.6 Å². The number of hydrogen-bond acceptors (Lipinski definition) is 2. The van der Waals surface area contributed by atoms with Crippen molar-refractivity contribution in [3.8, 4) is 90.0 Å². The average molecular weight is 1250 g/mol. The fraction of sp³-hybridized carbons (Fsp3) is 0.200. The maximum Gasteiger partial charge on any atom is 0.269 e. The van der Waals surface area contributed by atoms with Crippen molar-refractivity contribution in [2.75, 3.05) is 0 Å². The van der Waals surface area contributed by atoms with Gasteiger partial charge in [-0.15, -0.1) is 0 Å². The number of imidazole rings is 1. The molecule has 0 unspecified atom stereocenters. The standard InChI is InChI=1S/C90H79N5O/c1-55-23-21-24-56(2)84(55)58-45-71(57-35-37-59(38-36-57)87(3,4)5)85-74(46-58)73-53-77-76(89(9,10)42-43-90(77,11)12)52-72(73)65-27-13-14-28-66(65)75-49-62(94-78-32-18-15-29-67(78)68-30-16-19-33-79(68)94)50-82-86(75)93(85)54-92(82)61-25-22-26-63(48-61)96-64-39-40-70-69-31-17-20-34-80(69)95(81(70)51-64)83-47-60(41-44-91-83)88(6,7)8/h13-41,44-53H,42-43H2,1-12H3/i1D3,2D3. The number of para-hydroxylation sites is 3. The number of fused-ring (bicyclic) bond motifs is 14. The molecule has 17 rings (SSSR count). The van der Waals surface area contributed by atoms with E-state index in [2.05, 4.69) is 282 Å². The van der Waals surface area contributed by atoms with Crippen molar-refractivity contribution in [1.29, 1.82) is 0 Å². The molecule has 0 atom stereocenters. The maximum atomic E-state index is 9.15. The number of aromatic nitrogens is 5. The summed E-state index contributed by atoms with van der Waals surface area (Å²) in [5, 5.41) is 4.49. The minimum Gasteiger partial charge on any atom is -0.458 e. The van der Waals surface area contributed by atoms with Crippen LogP contribution in [0.4, 0.5) is 0 Å². The van der Waals surface area contributed by atoms with Gasteiger partial charge < -0.3 is 9.30 Å². The molecular formula is C90H79N5O. The highest BCUT2D eigenvalue weighted by Crippen LogP contribution is 2.54. The first-order valence-corrected chi connectivity index (χ1v) is 33.6. The lowest BCUT2D eigenvalue weighted by atomic mass is 9.62. The molecule has 0 amide bonds. The van der Waals surface area contributed by atoms with Crippen LogP contribution in [0.2, 0.25) is 0 Å². The topological polar surface area (TPSA) is 40.8 Å². The molecule has 0 bridgehead atoms. The highest BCUT2D eigenvalue weighted by molar-refractivity contribution is 6.11. The van der Waals surface area contributed by atoms with E-state index in [-0.39, 0.29) is 38.4 Å². The predicted octanol–water partition coefficient (Wildman–Crippen LogP) is 23.3. The monoisotopic (exact) mass is 1250 g/mol. The summed E-state index contributed by atoms with van der Waals surface area (Å²) in [5.41, 5.74) is 20.4. The molecule has 96 heavy (non-hydrogen) atoms. The Balaban J connectivity index is 1.00. The summed E-state index contributed by atoms with van der Waals surface area (Å²) in [7, 11) is 0. The number of hydrogen-bond donors (Lipinski definition) is 0. The smallest absolute Gasteiger partial charge is 0.269 e. The minimum atomic E-state index is -2.68. The molecule has 5 heterocycles. The average Bonchev–Trinajstić information content (AvgIpc) is 1.46. The molecule has 470 valence electrons. The second kappa shape index (κ2) is 21.5. The van der Waals surface area contributed by atoms with Crippen LogP contribution >= 0.6 is 0 Å². The zero-order valence-corrected chi connectivity index (χ0v) is 56.1. The second-order valence-corrected chi connectivity index (χ2v) is 30.0. The first kappa shape index (κ1) is 52.8. The van der Waals surface area contributed by atoms with Gasteiger partial charge in [0.05, 0.1) is 44.5 Å². The van der Waals surface area contributed by atoms with Gasteiger partial charge >= 0.3 is 0 Å².